The van der Waals surface area contributed by atoms with Crippen LogP contribution in [0.1, 0.15) is 22.3 Å². The first kappa shape index (κ1) is 24.0. The van der Waals surface area contributed by atoms with Crippen molar-refractivity contribution in [2.24, 2.45) is 0 Å². The molecule has 2 aromatic rings. The van der Waals surface area contributed by atoms with Crippen molar-refractivity contribution in [3.8, 4) is 11.5 Å². The summed E-state index contributed by atoms with van der Waals surface area (Å²) in [5, 5.41) is 23.4. The highest BCUT2D eigenvalue weighted by Crippen LogP contribution is 2.20. The number of benzene rings is 2. The number of amides is 2. The fourth-order valence-electron chi connectivity index (χ4n) is 2.61. The Bertz CT molecular complexity index is 855. The van der Waals surface area contributed by atoms with Gasteiger partial charge in [0.2, 0.25) is 5.91 Å². The van der Waals surface area contributed by atoms with E-state index in [1.807, 2.05) is 0 Å². The Balaban J connectivity index is 2.02. The van der Waals surface area contributed by atoms with Crippen LogP contribution in [0.15, 0.2) is 48.5 Å². The number of carbonyl (C=O) groups is 2. The molecule has 1 unspecified atom stereocenters. The summed E-state index contributed by atoms with van der Waals surface area (Å²) in [6.07, 6.45) is -5.26. The van der Waals surface area contributed by atoms with Crippen LogP contribution in [0, 0.1) is 0 Å². The van der Waals surface area contributed by atoms with Gasteiger partial charge in [-0.2, -0.15) is 13.2 Å². The molecule has 10 heteroatoms. The van der Waals surface area contributed by atoms with E-state index in [1.165, 1.54) is 36.4 Å². The molecule has 0 saturated heterocycles. The highest BCUT2D eigenvalue weighted by atomic mass is 19.4. The molecule has 0 saturated carbocycles. The maximum atomic E-state index is 12.6. The number of hydrogen-bond acceptors (Lipinski definition) is 5. The third kappa shape index (κ3) is 8.55. The van der Waals surface area contributed by atoms with Gasteiger partial charge in [0.25, 0.3) is 5.91 Å². The van der Waals surface area contributed by atoms with Gasteiger partial charge >= 0.3 is 6.18 Å². The minimum Gasteiger partial charge on any atom is -0.508 e. The Morgan fingerprint density at radius 1 is 1.03 bits per heavy atom. The van der Waals surface area contributed by atoms with Crippen molar-refractivity contribution in [3.63, 3.8) is 0 Å². The molecule has 2 amide bonds. The summed E-state index contributed by atoms with van der Waals surface area (Å²) in [5.74, 6) is -0.818. The number of alkyl halides is 3. The lowest BCUT2D eigenvalue weighted by Crippen LogP contribution is -2.48. The molecule has 0 fully saturated rings. The molecule has 2 aromatic carbocycles. The molecule has 0 aliphatic rings. The average Bonchev–Trinajstić information content (AvgIpc) is 2.72. The fraction of sp³-hybridized carbons (Fsp3) is 0.333. The third-order valence-electron chi connectivity index (χ3n) is 4.18. The Labute approximate surface area is 176 Å². The molecule has 0 bridgehead atoms. The van der Waals surface area contributed by atoms with Crippen LogP contribution in [-0.4, -0.2) is 54.0 Å². The van der Waals surface area contributed by atoms with Crippen molar-refractivity contribution < 1.29 is 37.7 Å². The number of phenols is 1. The standard InChI is InChI=1S/C21H23F3N2O5/c22-21(23,24)9-12-31-17-7-3-15(4-8-17)19(29)26-18(20(30)25-10-11-27)13-14-1-5-16(28)6-2-14/h1-8,18,27-28H,9-13H2,(H,25,30)(H,26,29). The van der Waals surface area contributed by atoms with Crippen LogP contribution in [0.5, 0.6) is 11.5 Å². The monoisotopic (exact) mass is 440 g/mol. The van der Waals surface area contributed by atoms with Gasteiger partial charge in [0, 0.05) is 18.5 Å². The zero-order valence-corrected chi connectivity index (χ0v) is 16.5. The highest BCUT2D eigenvalue weighted by molar-refractivity contribution is 5.97. The number of aliphatic hydroxyl groups is 1. The van der Waals surface area contributed by atoms with E-state index in [2.05, 4.69) is 10.6 Å². The van der Waals surface area contributed by atoms with Crippen LogP contribution in [0.3, 0.4) is 0 Å². The fourth-order valence-corrected chi connectivity index (χ4v) is 2.61. The maximum Gasteiger partial charge on any atom is 0.392 e. The van der Waals surface area contributed by atoms with E-state index < -0.39 is 37.1 Å². The van der Waals surface area contributed by atoms with E-state index >= 15 is 0 Å². The topological polar surface area (TPSA) is 108 Å². The molecule has 2 rings (SSSR count). The predicted octanol–water partition coefficient (Wildman–Crippen LogP) is 2.17. The Hall–Kier alpha value is -3.27. The molecule has 0 aromatic heterocycles. The zero-order valence-electron chi connectivity index (χ0n) is 16.5. The number of aliphatic hydroxyl groups excluding tert-OH is 1. The number of halogens is 3. The Morgan fingerprint density at radius 2 is 1.68 bits per heavy atom. The smallest absolute Gasteiger partial charge is 0.392 e. The van der Waals surface area contributed by atoms with Crippen molar-refractivity contribution >= 4 is 11.8 Å². The molecule has 1 atom stereocenters. The van der Waals surface area contributed by atoms with Gasteiger partial charge in [-0.25, -0.2) is 0 Å². The Morgan fingerprint density at radius 3 is 2.26 bits per heavy atom. The molecule has 0 heterocycles. The first-order valence-corrected chi connectivity index (χ1v) is 9.45. The second kappa shape index (κ2) is 11.2. The van der Waals surface area contributed by atoms with E-state index in [0.717, 1.165) is 0 Å². The van der Waals surface area contributed by atoms with Crippen molar-refractivity contribution in [2.45, 2.75) is 25.1 Å². The molecular weight excluding hydrogens is 417 g/mol. The summed E-state index contributed by atoms with van der Waals surface area (Å²) in [6, 6.07) is 10.7. The van der Waals surface area contributed by atoms with Crippen LogP contribution in [0.25, 0.3) is 0 Å². The largest absolute Gasteiger partial charge is 0.508 e. The van der Waals surface area contributed by atoms with Crippen molar-refractivity contribution in [3.05, 3.63) is 59.7 Å². The van der Waals surface area contributed by atoms with Crippen molar-refractivity contribution in [2.75, 3.05) is 19.8 Å². The summed E-state index contributed by atoms with van der Waals surface area (Å²) < 4.78 is 41.5. The van der Waals surface area contributed by atoms with Gasteiger partial charge in [-0.05, 0) is 42.0 Å². The highest BCUT2D eigenvalue weighted by Gasteiger charge is 2.27. The van der Waals surface area contributed by atoms with Crippen molar-refractivity contribution in [1.29, 1.82) is 0 Å². The molecule has 0 radical (unpaired) electrons. The molecule has 0 spiro atoms. The van der Waals surface area contributed by atoms with Crippen LogP contribution < -0.4 is 15.4 Å². The normalized spacial score (nSPS) is 12.1. The zero-order chi connectivity index (χ0) is 22.9. The minimum atomic E-state index is -4.32. The average molecular weight is 440 g/mol. The number of hydrogen-bond donors (Lipinski definition) is 4. The first-order chi connectivity index (χ1) is 14.7. The molecule has 0 aliphatic carbocycles. The molecular formula is C21H23F3N2O5. The van der Waals surface area contributed by atoms with Gasteiger partial charge in [-0.15, -0.1) is 0 Å². The number of ether oxygens (including phenoxy) is 1. The predicted molar refractivity (Wildman–Crippen MR) is 106 cm³/mol. The number of nitrogens with one attached hydrogen (secondary N) is 2. The lowest BCUT2D eigenvalue weighted by Gasteiger charge is -2.19. The van der Waals surface area contributed by atoms with E-state index in [1.54, 1.807) is 12.1 Å². The minimum absolute atomic E-state index is 0.0186. The van der Waals surface area contributed by atoms with Gasteiger partial charge in [0.1, 0.15) is 17.5 Å². The SMILES string of the molecule is O=C(NC(Cc1ccc(O)cc1)C(=O)NCCO)c1ccc(OCCC(F)(F)F)cc1. The molecule has 4 N–H and O–H groups in total. The van der Waals surface area contributed by atoms with E-state index in [4.69, 9.17) is 9.84 Å². The van der Waals surface area contributed by atoms with E-state index in [-0.39, 0.29) is 36.6 Å². The lowest BCUT2D eigenvalue weighted by molar-refractivity contribution is -0.139. The van der Waals surface area contributed by atoms with Gasteiger partial charge in [0.15, 0.2) is 0 Å². The molecule has 0 aliphatic heterocycles. The summed E-state index contributed by atoms with van der Waals surface area (Å²) in [5.41, 5.74) is 0.879. The number of rotatable bonds is 10. The summed E-state index contributed by atoms with van der Waals surface area (Å²) in [7, 11) is 0. The molecule has 7 nitrogen and oxygen atoms in total. The van der Waals surface area contributed by atoms with Gasteiger partial charge < -0.3 is 25.6 Å². The second-order valence-electron chi connectivity index (χ2n) is 6.65. The summed E-state index contributed by atoms with van der Waals surface area (Å²) in [6.45, 7) is -0.777. The maximum absolute atomic E-state index is 12.6. The van der Waals surface area contributed by atoms with Crippen LogP contribution in [0.4, 0.5) is 13.2 Å². The van der Waals surface area contributed by atoms with Crippen LogP contribution >= 0.6 is 0 Å². The summed E-state index contributed by atoms with van der Waals surface area (Å²) >= 11 is 0. The van der Waals surface area contributed by atoms with Gasteiger partial charge in [-0.1, -0.05) is 12.1 Å². The quantitative estimate of drug-likeness (QED) is 0.453. The number of carbonyl (C=O) groups excluding carboxylic acids is 2. The van der Waals surface area contributed by atoms with Crippen LogP contribution in [-0.2, 0) is 11.2 Å². The Kier molecular flexibility index (Phi) is 8.68. The second-order valence-corrected chi connectivity index (χ2v) is 6.65. The summed E-state index contributed by atoms with van der Waals surface area (Å²) in [4.78, 5) is 25.0. The first-order valence-electron chi connectivity index (χ1n) is 9.45. The van der Waals surface area contributed by atoms with Crippen LogP contribution in [0.2, 0.25) is 0 Å². The van der Waals surface area contributed by atoms with Gasteiger partial charge in [0.05, 0.1) is 19.6 Å². The van der Waals surface area contributed by atoms with Gasteiger partial charge in [-0.3, -0.25) is 9.59 Å². The number of aromatic hydroxyl groups is 1. The van der Waals surface area contributed by atoms with E-state index in [0.29, 0.717) is 5.56 Å². The van der Waals surface area contributed by atoms with E-state index in [9.17, 15) is 27.9 Å². The number of phenolic OH excluding ortho intramolecular Hbond substituents is 1. The molecule has 31 heavy (non-hydrogen) atoms. The van der Waals surface area contributed by atoms with Crippen molar-refractivity contribution in [1.82, 2.24) is 10.6 Å². The molecule has 168 valence electrons. The lowest BCUT2D eigenvalue weighted by atomic mass is 10.0. The third-order valence-corrected chi connectivity index (χ3v) is 4.18.